The first-order valence-corrected chi connectivity index (χ1v) is 7.41. The van der Waals surface area contributed by atoms with E-state index in [1.165, 1.54) is 12.8 Å². The van der Waals surface area contributed by atoms with Crippen molar-refractivity contribution in [3.63, 3.8) is 0 Å². The number of hydrogen-bond acceptors (Lipinski definition) is 3. The molecule has 1 aromatic carbocycles. The number of benzene rings is 1. The number of hydrogen-bond donors (Lipinski definition) is 3. The molecule has 4 heteroatoms. The molecule has 1 fully saturated rings. The summed E-state index contributed by atoms with van der Waals surface area (Å²) in [5, 5.41) is 13.3. The summed E-state index contributed by atoms with van der Waals surface area (Å²) in [5.74, 6) is -0.228. The summed E-state index contributed by atoms with van der Waals surface area (Å²) in [6, 6.07) is 8.62. The third-order valence-electron chi connectivity index (χ3n) is 4.07. The van der Waals surface area contributed by atoms with Crippen LogP contribution in [0, 0.1) is 0 Å². The Morgan fingerprint density at radius 2 is 1.80 bits per heavy atom. The zero-order valence-electron chi connectivity index (χ0n) is 11.8. The van der Waals surface area contributed by atoms with Crippen LogP contribution in [0.5, 0.6) is 0 Å². The molecule has 0 aromatic heterocycles. The van der Waals surface area contributed by atoms with Gasteiger partial charge < -0.3 is 16.2 Å². The summed E-state index contributed by atoms with van der Waals surface area (Å²) in [6.45, 7) is 0.298. The van der Waals surface area contributed by atoms with Gasteiger partial charge in [-0.2, -0.15) is 0 Å². The van der Waals surface area contributed by atoms with Crippen LogP contribution in [0.4, 0.5) is 0 Å². The number of nitrogens with two attached hydrogens (primary N) is 1. The van der Waals surface area contributed by atoms with E-state index in [1.54, 1.807) is 0 Å². The third-order valence-corrected chi connectivity index (χ3v) is 4.07. The topological polar surface area (TPSA) is 75.4 Å². The molecule has 1 aromatic rings. The first-order valence-electron chi connectivity index (χ1n) is 7.41. The Bertz CT molecular complexity index is 425. The third kappa shape index (κ3) is 4.05. The Balaban J connectivity index is 1.88. The minimum absolute atomic E-state index is 0.228. The van der Waals surface area contributed by atoms with Crippen LogP contribution < -0.4 is 11.1 Å². The minimum atomic E-state index is -0.761. The Morgan fingerprint density at radius 3 is 2.40 bits per heavy atom. The van der Waals surface area contributed by atoms with Gasteiger partial charge in [-0.3, -0.25) is 4.79 Å². The van der Waals surface area contributed by atoms with Gasteiger partial charge in [0.25, 0.3) is 0 Å². The molecular weight excluding hydrogens is 252 g/mol. The van der Waals surface area contributed by atoms with Crippen LogP contribution in [-0.4, -0.2) is 23.2 Å². The lowest BCUT2D eigenvalue weighted by Gasteiger charge is -2.27. The zero-order chi connectivity index (χ0) is 14.4. The Hall–Kier alpha value is -1.39. The zero-order valence-corrected chi connectivity index (χ0v) is 11.8. The molecule has 0 aliphatic heterocycles. The molecule has 4 N–H and O–H groups in total. The molecule has 0 heterocycles. The lowest BCUT2D eigenvalue weighted by Crippen LogP contribution is -2.45. The highest BCUT2D eigenvalue weighted by Crippen LogP contribution is 2.26. The van der Waals surface area contributed by atoms with Gasteiger partial charge in [0.1, 0.15) is 6.04 Å². The highest BCUT2D eigenvalue weighted by molar-refractivity contribution is 5.82. The van der Waals surface area contributed by atoms with E-state index in [2.05, 4.69) is 5.32 Å². The number of amides is 1. The number of nitrogens with one attached hydrogen (secondary N) is 1. The Kier molecular flexibility index (Phi) is 5.15. The summed E-state index contributed by atoms with van der Waals surface area (Å²) in [4.78, 5) is 12.1. The second-order valence-corrected chi connectivity index (χ2v) is 5.74. The summed E-state index contributed by atoms with van der Waals surface area (Å²) >= 11 is 0. The highest BCUT2D eigenvalue weighted by Gasteiger charge is 2.29. The van der Waals surface area contributed by atoms with Crippen molar-refractivity contribution in [2.45, 2.75) is 50.2 Å². The van der Waals surface area contributed by atoms with Crippen molar-refractivity contribution in [3.05, 3.63) is 35.9 Å². The first kappa shape index (κ1) is 15.0. The van der Waals surface area contributed by atoms with Crippen LogP contribution in [0.25, 0.3) is 0 Å². The van der Waals surface area contributed by atoms with Crippen LogP contribution in [0.2, 0.25) is 0 Å². The van der Waals surface area contributed by atoms with Gasteiger partial charge in [0, 0.05) is 6.54 Å². The second kappa shape index (κ2) is 6.86. The van der Waals surface area contributed by atoms with Gasteiger partial charge in [0.05, 0.1) is 5.60 Å². The Morgan fingerprint density at radius 1 is 1.20 bits per heavy atom. The predicted octanol–water partition coefficient (Wildman–Crippen LogP) is 1.89. The summed E-state index contributed by atoms with van der Waals surface area (Å²) in [7, 11) is 0. The largest absolute Gasteiger partial charge is 0.388 e. The van der Waals surface area contributed by atoms with Gasteiger partial charge in [-0.15, -0.1) is 0 Å². The van der Waals surface area contributed by atoms with Crippen molar-refractivity contribution < 1.29 is 9.90 Å². The van der Waals surface area contributed by atoms with Gasteiger partial charge in [-0.1, -0.05) is 56.0 Å². The van der Waals surface area contributed by atoms with Crippen molar-refractivity contribution in [3.8, 4) is 0 Å². The second-order valence-electron chi connectivity index (χ2n) is 5.74. The molecule has 0 radical (unpaired) electrons. The van der Waals surface area contributed by atoms with E-state index in [1.807, 2.05) is 30.3 Å². The summed E-state index contributed by atoms with van der Waals surface area (Å²) < 4.78 is 0. The van der Waals surface area contributed by atoms with Crippen molar-refractivity contribution in [1.29, 1.82) is 0 Å². The maximum atomic E-state index is 12.1. The molecule has 1 aliphatic carbocycles. The van der Waals surface area contributed by atoms with Crippen LogP contribution >= 0.6 is 0 Å². The standard InChI is InChI=1S/C16H24N2O2/c17-14(13-8-4-3-5-9-13)15(19)18-12-16(20)10-6-1-2-7-11-16/h3-5,8-9,14,20H,1-2,6-7,10-12,17H2,(H,18,19)/t14-/m0/s1. The fraction of sp³-hybridized carbons (Fsp3) is 0.562. The Labute approximate surface area is 120 Å². The highest BCUT2D eigenvalue weighted by atomic mass is 16.3. The lowest BCUT2D eigenvalue weighted by atomic mass is 9.94. The summed E-state index contributed by atoms with van der Waals surface area (Å²) in [5.41, 5.74) is 5.96. The minimum Gasteiger partial charge on any atom is -0.388 e. The van der Waals surface area contributed by atoms with Crippen molar-refractivity contribution in [2.24, 2.45) is 5.73 Å². The van der Waals surface area contributed by atoms with Gasteiger partial charge in [-0.25, -0.2) is 0 Å². The van der Waals surface area contributed by atoms with Crippen molar-refractivity contribution >= 4 is 5.91 Å². The molecule has 1 saturated carbocycles. The molecule has 110 valence electrons. The number of carbonyl (C=O) groups is 1. The van der Waals surface area contributed by atoms with E-state index in [-0.39, 0.29) is 5.91 Å². The maximum Gasteiger partial charge on any atom is 0.241 e. The average molecular weight is 276 g/mol. The van der Waals surface area contributed by atoms with Crippen LogP contribution in [0.15, 0.2) is 30.3 Å². The van der Waals surface area contributed by atoms with Gasteiger partial charge in [-0.05, 0) is 18.4 Å². The number of rotatable bonds is 4. The molecule has 1 atom stereocenters. The van der Waals surface area contributed by atoms with Gasteiger partial charge in [0.2, 0.25) is 5.91 Å². The molecule has 0 bridgehead atoms. The quantitative estimate of drug-likeness (QED) is 0.735. The maximum absolute atomic E-state index is 12.1. The molecule has 1 aliphatic rings. The molecule has 0 spiro atoms. The van der Waals surface area contributed by atoms with E-state index >= 15 is 0 Å². The van der Waals surface area contributed by atoms with E-state index in [0.29, 0.717) is 6.54 Å². The van der Waals surface area contributed by atoms with E-state index in [4.69, 9.17) is 5.73 Å². The van der Waals surface area contributed by atoms with Crippen molar-refractivity contribution in [1.82, 2.24) is 5.32 Å². The van der Waals surface area contributed by atoms with E-state index in [9.17, 15) is 9.90 Å². The first-order chi connectivity index (χ1) is 9.61. The monoisotopic (exact) mass is 276 g/mol. The number of aliphatic hydroxyl groups is 1. The molecule has 20 heavy (non-hydrogen) atoms. The van der Waals surface area contributed by atoms with Crippen LogP contribution in [0.3, 0.4) is 0 Å². The molecule has 2 rings (SSSR count). The average Bonchev–Trinajstić information content (AvgIpc) is 2.70. The molecule has 1 amide bonds. The fourth-order valence-corrected chi connectivity index (χ4v) is 2.74. The van der Waals surface area contributed by atoms with Crippen molar-refractivity contribution in [2.75, 3.05) is 6.54 Å². The molecular formula is C16H24N2O2. The van der Waals surface area contributed by atoms with Gasteiger partial charge >= 0.3 is 0 Å². The smallest absolute Gasteiger partial charge is 0.241 e. The summed E-state index contributed by atoms with van der Waals surface area (Å²) in [6.07, 6.45) is 5.90. The normalized spacial score (nSPS) is 19.9. The van der Waals surface area contributed by atoms with Crippen LogP contribution in [-0.2, 0) is 4.79 Å². The number of carbonyl (C=O) groups excluding carboxylic acids is 1. The molecule has 0 unspecified atom stereocenters. The lowest BCUT2D eigenvalue weighted by molar-refractivity contribution is -0.123. The molecule has 4 nitrogen and oxygen atoms in total. The van der Waals surface area contributed by atoms with E-state index in [0.717, 1.165) is 31.2 Å². The SMILES string of the molecule is N[C@H](C(=O)NCC1(O)CCCCCC1)c1ccccc1. The van der Waals surface area contributed by atoms with Crippen LogP contribution in [0.1, 0.15) is 50.1 Å². The molecule has 0 saturated heterocycles. The predicted molar refractivity (Wildman–Crippen MR) is 79.0 cm³/mol. The fourth-order valence-electron chi connectivity index (χ4n) is 2.74. The van der Waals surface area contributed by atoms with E-state index < -0.39 is 11.6 Å². The van der Waals surface area contributed by atoms with Gasteiger partial charge in [0.15, 0.2) is 0 Å².